The van der Waals surface area contributed by atoms with Gasteiger partial charge in [-0.05, 0) is 80.8 Å². The molecular weight excluding hydrogens is 492 g/mol. The van der Waals surface area contributed by atoms with E-state index in [1.165, 1.54) is 12.8 Å². The highest BCUT2D eigenvalue weighted by molar-refractivity contribution is 6.13. The molecule has 0 aliphatic carbocycles. The van der Waals surface area contributed by atoms with Gasteiger partial charge in [-0.25, -0.2) is 0 Å². The van der Waals surface area contributed by atoms with Crippen molar-refractivity contribution in [1.82, 2.24) is 19.9 Å². The highest BCUT2D eigenvalue weighted by Gasteiger charge is 2.18. The number of rotatable bonds is 10. The van der Waals surface area contributed by atoms with Crippen LogP contribution < -0.4 is 5.73 Å². The van der Waals surface area contributed by atoms with Gasteiger partial charge < -0.3 is 10.7 Å². The van der Waals surface area contributed by atoms with E-state index >= 15 is 0 Å². The van der Waals surface area contributed by atoms with Crippen molar-refractivity contribution in [2.24, 2.45) is 0 Å². The predicted octanol–water partition coefficient (Wildman–Crippen LogP) is 7.37. The van der Waals surface area contributed by atoms with Crippen LogP contribution in [0.25, 0.3) is 11.1 Å². The minimum atomic E-state index is 0.310. The number of hydrogen-bond donors (Lipinski definition) is 3. The van der Waals surface area contributed by atoms with Crippen LogP contribution in [0.5, 0.6) is 0 Å². The molecule has 208 valence electrons. The molecule has 6 heteroatoms. The van der Waals surface area contributed by atoms with Crippen LogP contribution >= 0.6 is 0 Å². The topological polar surface area (TPSA) is 94.7 Å². The minimum absolute atomic E-state index is 0.310. The van der Waals surface area contributed by atoms with E-state index in [0.29, 0.717) is 22.7 Å². The quantitative estimate of drug-likeness (QED) is 0.187. The Bertz CT molecular complexity index is 1420. The first-order chi connectivity index (χ1) is 19.4. The van der Waals surface area contributed by atoms with Gasteiger partial charge in [0.25, 0.3) is 0 Å². The molecule has 0 saturated carbocycles. The third kappa shape index (κ3) is 7.21. The molecule has 3 aromatic rings. The van der Waals surface area contributed by atoms with Crippen molar-refractivity contribution in [2.75, 3.05) is 25.4 Å². The molecule has 3 aromatic heterocycles. The van der Waals surface area contributed by atoms with E-state index < -0.39 is 0 Å². The molecule has 0 radical (unpaired) electrons. The second-order valence-electron chi connectivity index (χ2n) is 9.46. The fourth-order valence-electron chi connectivity index (χ4n) is 4.81. The summed E-state index contributed by atoms with van der Waals surface area (Å²) in [7, 11) is 0. The molecule has 4 heterocycles. The number of aromatic amines is 1. The lowest BCUT2D eigenvalue weighted by Crippen LogP contribution is -2.21. The number of H-pyrrole nitrogens is 1. The molecular formula is C34H42N6. The van der Waals surface area contributed by atoms with E-state index in [4.69, 9.17) is 11.1 Å². The number of pyridine rings is 2. The van der Waals surface area contributed by atoms with Gasteiger partial charge in [0, 0.05) is 41.3 Å². The van der Waals surface area contributed by atoms with Crippen LogP contribution in [0.4, 0.5) is 5.69 Å². The van der Waals surface area contributed by atoms with Crippen LogP contribution in [0.2, 0.25) is 0 Å². The Kier molecular flexibility index (Phi) is 11.2. The normalized spacial score (nSPS) is 14.4. The Morgan fingerprint density at radius 1 is 1.15 bits per heavy atom. The zero-order valence-electron chi connectivity index (χ0n) is 24.3. The first-order valence-corrected chi connectivity index (χ1v) is 13.9. The van der Waals surface area contributed by atoms with Crippen molar-refractivity contribution in [2.45, 2.75) is 40.5 Å². The lowest BCUT2D eigenvalue weighted by atomic mass is 9.97. The van der Waals surface area contributed by atoms with Gasteiger partial charge in [-0.1, -0.05) is 57.4 Å². The number of aromatic nitrogens is 3. The Morgan fingerprint density at radius 2 is 1.90 bits per heavy atom. The number of hydrogen-bond acceptors (Lipinski definition) is 5. The molecule has 4 rings (SSSR count). The zero-order chi connectivity index (χ0) is 29.1. The van der Waals surface area contributed by atoms with Gasteiger partial charge >= 0.3 is 0 Å². The van der Waals surface area contributed by atoms with Gasteiger partial charge in [0.2, 0.25) is 0 Å². The Morgan fingerprint density at radius 3 is 2.52 bits per heavy atom. The van der Waals surface area contributed by atoms with Crippen molar-refractivity contribution < 1.29 is 0 Å². The average molecular weight is 535 g/mol. The summed E-state index contributed by atoms with van der Waals surface area (Å²) in [5, 5.41) is 9.04. The van der Waals surface area contributed by atoms with Gasteiger partial charge in [0.1, 0.15) is 0 Å². The predicted molar refractivity (Wildman–Crippen MR) is 171 cm³/mol. The molecule has 4 N–H and O–H groups in total. The molecule has 1 saturated heterocycles. The third-order valence-electron chi connectivity index (χ3n) is 6.85. The maximum Gasteiger partial charge on any atom is 0.0869 e. The fourth-order valence-corrected chi connectivity index (χ4v) is 4.81. The molecule has 0 spiro atoms. The van der Waals surface area contributed by atoms with Crippen molar-refractivity contribution in [3.05, 3.63) is 126 Å². The molecule has 0 bridgehead atoms. The van der Waals surface area contributed by atoms with Crippen LogP contribution in [0.1, 0.15) is 67.4 Å². The molecule has 40 heavy (non-hydrogen) atoms. The second kappa shape index (κ2) is 14.8. The Labute approximate surface area is 239 Å². The van der Waals surface area contributed by atoms with Crippen LogP contribution in [0, 0.1) is 12.3 Å². The zero-order valence-corrected chi connectivity index (χ0v) is 24.3. The highest BCUT2D eigenvalue weighted by atomic mass is 15.1. The number of allylic oxidation sites excluding steroid dienone is 5. The lowest BCUT2D eigenvalue weighted by Gasteiger charge is -2.16. The van der Waals surface area contributed by atoms with E-state index in [2.05, 4.69) is 39.1 Å². The van der Waals surface area contributed by atoms with E-state index in [1.807, 2.05) is 76.4 Å². The van der Waals surface area contributed by atoms with E-state index in [0.717, 1.165) is 58.9 Å². The van der Waals surface area contributed by atoms with Crippen molar-refractivity contribution in [1.29, 1.82) is 5.41 Å². The average Bonchev–Trinajstić information content (AvgIpc) is 3.65. The third-order valence-corrected chi connectivity index (χ3v) is 6.85. The molecule has 0 unspecified atom stereocenters. The summed E-state index contributed by atoms with van der Waals surface area (Å²) in [6.07, 6.45) is 17.5. The van der Waals surface area contributed by atoms with Crippen molar-refractivity contribution in [3.8, 4) is 0 Å². The van der Waals surface area contributed by atoms with E-state index in [1.54, 1.807) is 18.5 Å². The standard InChI is InChI=1S/C32H36N6.C2H6/c1-5-11-26(25-12-10-13-35-19-25)27-17-31(37-22(27)4)32(34)28-18-30(36-20-29(28)33)24(7-3)16-23(6-2)21-38-14-8-9-15-38;1-2/h5-7,10-13,16-20,34,37H,1-2,8-9,14-15,21,33H2,3-4H3;1-2H3/b23-16+,24-7+,26-11-,34-32?;. The summed E-state index contributed by atoms with van der Waals surface area (Å²) in [4.78, 5) is 14.7. The fraction of sp³-hybridized carbons (Fsp3) is 0.265. The summed E-state index contributed by atoms with van der Waals surface area (Å²) in [6.45, 7) is 19.0. The number of nitrogens with two attached hydrogens (primary N) is 1. The first-order valence-electron chi connectivity index (χ1n) is 13.9. The Balaban J connectivity index is 0.00000216. The molecule has 0 aromatic carbocycles. The maximum atomic E-state index is 9.04. The summed E-state index contributed by atoms with van der Waals surface area (Å²) in [5.74, 6) is 0. The molecule has 6 nitrogen and oxygen atoms in total. The number of likely N-dealkylation sites (tertiary alicyclic amines) is 1. The van der Waals surface area contributed by atoms with E-state index in [-0.39, 0.29) is 0 Å². The molecule has 0 atom stereocenters. The van der Waals surface area contributed by atoms with Crippen molar-refractivity contribution in [3.63, 3.8) is 0 Å². The van der Waals surface area contributed by atoms with Crippen molar-refractivity contribution >= 4 is 22.5 Å². The van der Waals surface area contributed by atoms with Gasteiger partial charge in [-0.3, -0.25) is 20.3 Å². The van der Waals surface area contributed by atoms with Crippen LogP contribution in [-0.2, 0) is 0 Å². The number of anilines is 1. The molecule has 1 aliphatic rings. The number of nitrogen functional groups attached to an aromatic ring is 1. The number of nitrogens with one attached hydrogen (secondary N) is 2. The second-order valence-corrected chi connectivity index (χ2v) is 9.46. The lowest BCUT2D eigenvalue weighted by molar-refractivity contribution is 0.371. The number of nitrogens with zero attached hydrogens (tertiary/aromatic N) is 3. The summed E-state index contributed by atoms with van der Waals surface area (Å²) in [6, 6.07) is 7.81. The number of aryl methyl sites for hydroxylation is 1. The largest absolute Gasteiger partial charge is 0.397 e. The van der Waals surface area contributed by atoms with Gasteiger partial charge in [-0.15, -0.1) is 0 Å². The monoisotopic (exact) mass is 534 g/mol. The highest BCUT2D eigenvalue weighted by Crippen LogP contribution is 2.29. The first kappa shape index (κ1) is 30.3. The minimum Gasteiger partial charge on any atom is -0.397 e. The maximum absolute atomic E-state index is 9.04. The van der Waals surface area contributed by atoms with Crippen LogP contribution in [0.15, 0.2) is 92.0 Å². The molecule has 1 aliphatic heterocycles. The smallest absolute Gasteiger partial charge is 0.0869 e. The van der Waals surface area contributed by atoms with Crippen LogP contribution in [-0.4, -0.2) is 45.2 Å². The SMILES string of the molecule is C=C/C=C(/c1cccnc1)c1cc(C(=N)c2cc(C(/C=C(\C=C)CN3CCCC3)=C/C)ncc2N)[nH]c1C.CC. The molecule has 0 amide bonds. The summed E-state index contributed by atoms with van der Waals surface area (Å²) in [5.41, 5.74) is 15.2. The summed E-state index contributed by atoms with van der Waals surface area (Å²) < 4.78 is 0. The summed E-state index contributed by atoms with van der Waals surface area (Å²) >= 11 is 0. The molecule has 1 fully saturated rings. The van der Waals surface area contributed by atoms with Gasteiger partial charge in [0.05, 0.1) is 29.0 Å². The Hall–Kier alpha value is -4.29. The van der Waals surface area contributed by atoms with Gasteiger partial charge in [-0.2, -0.15) is 0 Å². The van der Waals surface area contributed by atoms with Crippen LogP contribution in [0.3, 0.4) is 0 Å². The van der Waals surface area contributed by atoms with E-state index in [9.17, 15) is 0 Å². The van der Waals surface area contributed by atoms with Gasteiger partial charge in [0.15, 0.2) is 0 Å².